The molecule has 1 heterocycles. The number of primary amides is 1. The first-order valence-corrected chi connectivity index (χ1v) is 7.30. The molecule has 3 N–H and O–H groups in total. The number of benzene rings is 2. The molecule has 0 bridgehead atoms. The number of alkyl halides is 3. The van der Waals surface area contributed by atoms with Crippen molar-refractivity contribution < 1.29 is 18.0 Å². The van der Waals surface area contributed by atoms with Gasteiger partial charge < -0.3 is 11.1 Å². The zero-order valence-corrected chi connectivity index (χ0v) is 12.8. The predicted octanol–water partition coefficient (Wildman–Crippen LogP) is 3.36. The molecule has 8 heteroatoms. The summed E-state index contributed by atoms with van der Waals surface area (Å²) in [5.41, 5.74) is 5.98. The predicted molar refractivity (Wildman–Crippen MR) is 86.8 cm³/mol. The van der Waals surface area contributed by atoms with E-state index in [0.29, 0.717) is 22.3 Å². The average molecular weight is 346 g/mol. The number of carbonyl (C=O) groups is 1. The largest absolute Gasteiger partial charge is 0.416 e. The number of aromatic nitrogens is 2. The zero-order chi connectivity index (χ0) is 18.0. The average Bonchev–Trinajstić information content (AvgIpc) is 2.58. The number of nitrogens with zero attached hydrogens (tertiary/aromatic N) is 2. The minimum Gasteiger partial charge on any atom is -0.366 e. The molecule has 25 heavy (non-hydrogen) atoms. The SMILES string of the molecule is NC(=O)c1cccc2c(NCc3ccc(C(F)(F)F)cc3)ncnc12. The van der Waals surface area contributed by atoms with Gasteiger partial charge in [0, 0.05) is 11.9 Å². The van der Waals surface area contributed by atoms with Crippen molar-refractivity contribution >= 4 is 22.6 Å². The van der Waals surface area contributed by atoms with Gasteiger partial charge in [-0.05, 0) is 29.8 Å². The third-order valence-corrected chi connectivity index (χ3v) is 3.67. The quantitative estimate of drug-likeness (QED) is 0.759. The van der Waals surface area contributed by atoms with Crippen LogP contribution in [0.3, 0.4) is 0 Å². The van der Waals surface area contributed by atoms with Crippen molar-refractivity contribution in [3.05, 3.63) is 65.5 Å². The van der Waals surface area contributed by atoms with Crippen LogP contribution in [0.1, 0.15) is 21.5 Å². The summed E-state index contributed by atoms with van der Waals surface area (Å²) in [6.07, 6.45) is -3.07. The Bertz CT molecular complexity index is 923. The second-order valence-electron chi connectivity index (χ2n) is 5.34. The van der Waals surface area contributed by atoms with Crippen molar-refractivity contribution in [1.82, 2.24) is 9.97 Å². The van der Waals surface area contributed by atoms with Gasteiger partial charge in [0.2, 0.25) is 0 Å². The maximum atomic E-state index is 12.6. The van der Waals surface area contributed by atoms with Gasteiger partial charge in [-0.2, -0.15) is 13.2 Å². The van der Waals surface area contributed by atoms with Gasteiger partial charge in [0.15, 0.2) is 0 Å². The molecule has 0 atom stereocenters. The summed E-state index contributed by atoms with van der Waals surface area (Å²) in [6.45, 7) is 0.269. The summed E-state index contributed by atoms with van der Waals surface area (Å²) in [7, 11) is 0. The van der Waals surface area contributed by atoms with E-state index in [4.69, 9.17) is 5.73 Å². The fraction of sp³-hybridized carbons (Fsp3) is 0.118. The van der Waals surface area contributed by atoms with Gasteiger partial charge in [0.05, 0.1) is 16.6 Å². The van der Waals surface area contributed by atoms with E-state index in [9.17, 15) is 18.0 Å². The Morgan fingerprint density at radius 1 is 1.08 bits per heavy atom. The van der Waals surface area contributed by atoms with Crippen molar-refractivity contribution in [3.63, 3.8) is 0 Å². The minimum absolute atomic E-state index is 0.269. The third kappa shape index (κ3) is 3.52. The first-order valence-electron chi connectivity index (χ1n) is 7.30. The molecule has 0 fully saturated rings. The van der Waals surface area contributed by atoms with Crippen LogP contribution in [0.25, 0.3) is 10.9 Å². The number of halogens is 3. The van der Waals surface area contributed by atoms with Crippen LogP contribution in [0.2, 0.25) is 0 Å². The Kier molecular flexibility index (Phi) is 4.26. The Labute approximate surface area is 140 Å². The summed E-state index contributed by atoms with van der Waals surface area (Å²) in [5, 5.41) is 3.65. The lowest BCUT2D eigenvalue weighted by Crippen LogP contribution is -2.12. The van der Waals surface area contributed by atoms with E-state index >= 15 is 0 Å². The Morgan fingerprint density at radius 3 is 2.44 bits per heavy atom. The summed E-state index contributed by atoms with van der Waals surface area (Å²) >= 11 is 0. The van der Waals surface area contributed by atoms with Crippen LogP contribution < -0.4 is 11.1 Å². The van der Waals surface area contributed by atoms with Crippen molar-refractivity contribution in [3.8, 4) is 0 Å². The Morgan fingerprint density at radius 2 is 1.80 bits per heavy atom. The van der Waals surface area contributed by atoms with E-state index in [1.165, 1.54) is 18.5 Å². The molecular weight excluding hydrogens is 333 g/mol. The van der Waals surface area contributed by atoms with Gasteiger partial charge in [-0.25, -0.2) is 9.97 Å². The molecule has 3 rings (SSSR count). The van der Waals surface area contributed by atoms with Crippen molar-refractivity contribution in [1.29, 1.82) is 0 Å². The summed E-state index contributed by atoms with van der Waals surface area (Å²) < 4.78 is 37.7. The number of para-hydroxylation sites is 1. The van der Waals surface area contributed by atoms with Crippen LogP contribution in [0, 0.1) is 0 Å². The van der Waals surface area contributed by atoms with Crippen molar-refractivity contribution in [2.75, 3.05) is 5.32 Å². The lowest BCUT2D eigenvalue weighted by Gasteiger charge is -2.11. The topological polar surface area (TPSA) is 80.9 Å². The highest BCUT2D eigenvalue weighted by Crippen LogP contribution is 2.29. The van der Waals surface area contributed by atoms with Crippen LogP contribution in [-0.4, -0.2) is 15.9 Å². The molecular formula is C17H13F3N4O. The fourth-order valence-corrected chi connectivity index (χ4v) is 2.42. The smallest absolute Gasteiger partial charge is 0.366 e. The molecule has 1 aromatic heterocycles. The number of carbonyl (C=O) groups excluding carboxylic acids is 1. The molecule has 0 unspecified atom stereocenters. The maximum Gasteiger partial charge on any atom is 0.416 e. The van der Waals surface area contributed by atoms with E-state index in [-0.39, 0.29) is 12.1 Å². The van der Waals surface area contributed by atoms with E-state index in [1.807, 2.05) is 0 Å². The van der Waals surface area contributed by atoms with Crippen LogP contribution >= 0.6 is 0 Å². The highest BCUT2D eigenvalue weighted by Gasteiger charge is 2.29. The van der Waals surface area contributed by atoms with Gasteiger partial charge in [0.25, 0.3) is 5.91 Å². The lowest BCUT2D eigenvalue weighted by molar-refractivity contribution is -0.137. The molecule has 1 amide bonds. The van der Waals surface area contributed by atoms with Gasteiger partial charge in [-0.1, -0.05) is 18.2 Å². The standard InChI is InChI=1S/C17H13F3N4O/c18-17(19,20)11-6-4-10(5-7-11)8-22-16-13-3-1-2-12(15(21)25)14(13)23-9-24-16/h1-7,9H,8H2,(H2,21,25)(H,22,23,24). The molecule has 0 saturated heterocycles. The number of nitrogens with two attached hydrogens (primary N) is 1. The van der Waals surface area contributed by atoms with E-state index < -0.39 is 17.6 Å². The fourth-order valence-electron chi connectivity index (χ4n) is 2.42. The van der Waals surface area contributed by atoms with Gasteiger partial charge in [-0.15, -0.1) is 0 Å². The van der Waals surface area contributed by atoms with Gasteiger partial charge >= 0.3 is 6.18 Å². The molecule has 2 aromatic carbocycles. The Hall–Kier alpha value is -3.16. The second kappa shape index (κ2) is 6.39. The second-order valence-corrected chi connectivity index (χ2v) is 5.34. The summed E-state index contributed by atoms with van der Waals surface area (Å²) in [4.78, 5) is 19.7. The van der Waals surface area contributed by atoms with E-state index in [1.54, 1.807) is 18.2 Å². The van der Waals surface area contributed by atoms with E-state index in [2.05, 4.69) is 15.3 Å². The Balaban J connectivity index is 1.84. The van der Waals surface area contributed by atoms with Gasteiger partial charge in [-0.3, -0.25) is 4.79 Å². The number of nitrogens with one attached hydrogen (secondary N) is 1. The monoisotopic (exact) mass is 346 g/mol. The van der Waals surface area contributed by atoms with Crippen LogP contribution in [0.4, 0.5) is 19.0 Å². The molecule has 0 saturated carbocycles. The number of fused-ring (bicyclic) bond motifs is 1. The molecule has 0 spiro atoms. The molecule has 0 radical (unpaired) electrons. The number of anilines is 1. The van der Waals surface area contributed by atoms with Gasteiger partial charge in [0.1, 0.15) is 12.1 Å². The molecule has 0 aliphatic rings. The number of hydrogen-bond acceptors (Lipinski definition) is 4. The highest BCUT2D eigenvalue weighted by molar-refractivity contribution is 6.06. The van der Waals surface area contributed by atoms with Crippen molar-refractivity contribution in [2.24, 2.45) is 5.73 Å². The number of amides is 1. The van der Waals surface area contributed by atoms with Crippen molar-refractivity contribution in [2.45, 2.75) is 12.7 Å². The first-order chi connectivity index (χ1) is 11.9. The highest BCUT2D eigenvalue weighted by atomic mass is 19.4. The zero-order valence-electron chi connectivity index (χ0n) is 12.8. The molecule has 3 aromatic rings. The molecule has 5 nitrogen and oxygen atoms in total. The first kappa shape index (κ1) is 16.7. The van der Waals surface area contributed by atoms with Crippen LogP contribution in [0.15, 0.2) is 48.8 Å². The summed E-state index contributed by atoms with van der Waals surface area (Å²) in [6, 6.07) is 9.81. The third-order valence-electron chi connectivity index (χ3n) is 3.67. The normalized spacial score (nSPS) is 11.5. The molecule has 0 aliphatic carbocycles. The lowest BCUT2D eigenvalue weighted by atomic mass is 10.1. The molecule has 128 valence electrons. The number of rotatable bonds is 4. The minimum atomic E-state index is -4.36. The number of hydrogen-bond donors (Lipinski definition) is 2. The van der Waals surface area contributed by atoms with Crippen LogP contribution in [-0.2, 0) is 12.7 Å². The summed E-state index contributed by atoms with van der Waals surface area (Å²) in [5.74, 6) is -0.133. The van der Waals surface area contributed by atoms with Crippen LogP contribution in [0.5, 0.6) is 0 Å². The molecule has 0 aliphatic heterocycles. The maximum absolute atomic E-state index is 12.6. The van der Waals surface area contributed by atoms with E-state index in [0.717, 1.165) is 12.1 Å².